The molecule has 0 bridgehead atoms. The number of nitrogens with zero attached hydrogens (tertiary/aromatic N) is 3. The van der Waals surface area contributed by atoms with E-state index in [2.05, 4.69) is 10.3 Å². The third-order valence-corrected chi connectivity index (χ3v) is 4.85. The number of nitro groups is 1. The number of rotatable bonds is 6. The van der Waals surface area contributed by atoms with E-state index in [9.17, 15) is 14.9 Å². The highest BCUT2D eigenvalue weighted by molar-refractivity contribution is 7.17. The molecule has 3 aromatic rings. The first kappa shape index (κ1) is 17.6. The molecule has 1 N–H and O–H groups in total. The first-order valence-corrected chi connectivity index (χ1v) is 8.47. The number of carbonyl (C=O) groups is 1. The fourth-order valence-electron chi connectivity index (χ4n) is 2.52. The second-order valence-corrected chi connectivity index (χ2v) is 6.54. The van der Waals surface area contributed by atoms with Gasteiger partial charge in [0.15, 0.2) is 0 Å². The molecule has 0 saturated heterocycles. The Balaban J connectivity index is 1.94. The maximum atomic E-state index is 12.6. The van der Waals surface area contributed by atoms with Crippen LogP contribution in [0.5, 0.6) is 5.75 Å². The average molecular weight is 372 g/mol. The van der Waals surface area contributed by atoms with E-state index < -0.39 is 16.9 Å². The van der Waals surface area contributed by atoms with Gasteiger partial charge in [-0.15, -0.1) is 0 Å². The Morgan fingerprint density at radius 1 is 1.38 bits per heavy atom. The number of thiophene rings is 1. The molecule has 1 aromatic carbocycles. The van der Waals surface area contributed by atoms with Gasteiger partial charge < -0.3 is 14.6 Å². The Bertz CT molecular complexity index is 950. The van der Waals surface area contributed by atoms with Crippen LogP contribution in [-0.4, -0.2) is 27.5 Å². The van der Waals surface area contributed by atoms with Gasteiger partial charge in [-0.2, -0.15) is 0 Å². The van der Waals surface area contributed by atoms with Crippen LogP contribution in [0.15, 0.2) is 48.8 Å². The number of aryl methyl sites for hydroxylation is 1. The van der Waals surface area contributed by atoms with Crippen molar-refractivity contribution in [1.29, 1.82) is 0 Å². The molecule has 9 heteroatoms. The number of benzene rings is 1. The summed E-state index contributed by atoms with van der Waals surface area (Å²) < 4.78 is 7.07. The SMILES string of the molecule is COc1cccc(C(NC(=O)c2ccc([N+](=O)[O-])s2)c2nccn2C)c1. The highest BCUT2D eigenvalue weighted by atomic mass is 32.1. The third-order valence-electron chi connectivity index (χ3n) is 3.81. The molecule has 0 aliphatic rings. The van der Waals surface area contributed by atoms with E-state index in [0.717, 1.165) is 16.9 Å². The average Bonchev–Trinajstić information content (AvgIpc) is 3.29. The highest BCUT2D eigenvalue weighted by Crippen LogP contribution is 2.27. The summed E-state index contributed by atoms with van der Waals surface area (Å²) in [5.74, 6) is 0.888. The molecule has 1 atom stereocenters. The summed E-state index contributed by atoms with van der Waals surface area (Å²) in [6.45, 7) is 0. The van der Waals surface area contributed by atoms with E-state index in [1.165, 1.54) is 12.1 Å². The van der Waals surface area contributed by atoms with Gasteiger partial charge in [-0.25, -0.2) is 4.98 Å². The summed E-state index contributed by atoms with van der Waals surface area (Å²) in [6, 6.07) is 9.55. The summed E-state index contributed by atoms with van der Waals surface area (Å²) in [6.07, 6.45) is 3.43. The van der Waals surface area contributed by atoms with Crippen LogP contribution >= 0.6 is 11.3 Å². The van der Waals surface area contributed by atoms with Crippen LogP contribution in [0.2, 0.25) is 0 Å². The van der Waals surface area contributed by atoms with Crippen LogP contribution in [0.3, 0.4) is 0 Å². The Morgan fingerprint density at radius 3 is 2.81 bits per heavy atom. The van der Waals surface area contributed by atoms with Crippen LogP contribution in [0.1, 0.15) is 27.1 Å². The van der Waals surface area contributed by atoms with Crippen molar-refractivity contribution < 1.29 is 14.5 Å². The predicted molar refractivity (Wildman–Crippen MR) is 96.5 cm³/mol. The molecule has 3 rings (SSSR count). The summed E-state index contributed by atoms with van der Waals surface area (Å²) in [5.41, 5.74) is 0.790. The maximum absolute atomic E-state index is 12.6. The molecule has 1 unspecified atom stereocenters. The van der Waals surface area contributed by atoms with Crippen molar-refractivity contribution in [3.05, 3.63) is 75.2 Å². The minimum absolute atomic E-state index is 0.0786. The van der Waals surface area contributed by atoms with Crippen LogP contribution in [-0.2, 0) is 7.05 Å². The van der Waals surface area contributed by atoms with Crippen LogP contribution in [0.4, 0.5) is 5.00 Å². The van der Waals surface area contributed by atoms with E-state index in [-0.39, 0.29) is 9.88 Å². The number of nitrogens with one attached hydrogen (secondary N) is 1. The first-order chi connectivity index (χ1) is 12.5. The van der Waals surface area contributed by atoms with Crippen molar-refractivity contribution in [2.24, 2.45) is 7.05 Å². The molecule has 0 saturated carbocycles. The zero-order valence-electron chi connectivity index (χ0n) is 14.1. The van der Waals surface area contributed by atoms with Crippen molar-refractivity contribution in [2.75, 3.05) is 7.11 Å². The topological polar surface area (TPSA) is 99.3 Å². The van der Waals surface area contributed by atoms with Gasteiger partial charge in [-0.1, -0.05) is 23.5 Å². The molecule has 134 valence electrons. The molecule has 0 radical (unpaired) electrons. The van der Waals surface area contributed by atoms with Gasteiger partial charge in [0.2, 0.25) is 0 Å². The lowest BCUT2D eigenvalue weighted by Crippen LogP contribution is -2.30. The summed E-state index contributed by atoms with van der Waals surface area (Å²) >= 11 is 0.832. The zero-order valence-corrected chi connectivity index (χ0v) is 14.9. The number of aromatic nitrogens is 2. The van der Waals surface area contributed by atoms with Crippen molar-refractivity contribution in [3.63, 3.8) is 0 Å². The molecular weight excluding hydrogens is 356 g/mol. The fraction of sp³-hybridized carbons (Fsp3) is 0.176. The lowest BCUT2D eigenvalue weighted by molar-refractivity contribution is -0.380. The van der Waals surface area contributed by atoms with Crippen molar-refractivity contribution in [3.8, 4) is 5.75 Å². The molecule has 0 aliphatic carbocycles. The largest absolute Gasteiger partial charge is 0.497 e. The van der Waals surface area contributed by atoms with Crippen LogP contribution < -0.4 is 10.1 Å². The Kier molecular flexibility index (Phi) is 4.99. The highest BCUT2D eigenvalue weighted by Gasteiger charge is 2.24. The molecule has 0 fully saturated rings. The molecule has 8 nitrogen and oxygen atoms in total. The summed E-state index contributed by atoms with van der Waals surface area (Å²) in [5, 5.41) is 13.7. The molecule has 26 heavy (non-hydrogen) atoms. The van der Waals surface area contributed by atoms with Crippen LogP contribution in [0, 0.1) is 10.1 Å². The smallest absolute Gasteiger partial charge is 0.324 e. The van der Waals surface area contributed by atoms with E-state index in [4.69, 9.17) is 4.74 Å². The number of methoxy groups -OCH3 is 1. The third kappa shape index (κ3) is 3.57. The second kappa shape index (κ2) is 7.36. The molecule has 0 spiro atoms. The summed E-state index contributed by atoms with van der Waals surface area (Å²) in [7, 11) is 3.40. The normalized spacial score (nSPS) is 11.8. The van der Waals surface area contributed by atoms with Crippen molar-refractivity contribution in [2.45, 2.75) is 6.04 Å². The number of hydrogen-bond acceptors (Lipinski definition) is 6. The molecule has 1 amide bonds. The Hall–Kier alpha value is -3.20. The number of ether oxygens (including phenoxy) is 1. The molecular formula is C17H16N4O4S. The maximum Gasteiger partial charge on any atom is 0.324 e. The lowest BCUT2D eigenvalue weighted by atomic mass is 10.1. The summed E-state index contributed by atoms with van der Waals surface area (Å²) in [4.78, 5) is 27.6. The number of imidazole rings is 1. The Morgan fingerprint density at radius 2 is 2.19 bits per heavy atom. The van der Waals surface area contributed by atoms with E-state index in [0.29, 0.717) is 11.6 Å². The van der Waals surface area contributed by atoms with Gasteiger partial charge in [0.1, 0.15) is 17.6 Å². The number of amides is 1. The van der Waals surface area contributed by atoms with Gasteiger partial charge in [0.05, 0.1) is 16.9 Å². The van der Waals surface area contributed by atoms with Crippen molar-refractivity contribution in [1.82, 2.24) is 14.9 Å². The van der Waals surface area contributed by atoms with Crippen molar-refractivity contribution >= 4 is 22.2 Å². The molecule has 0 aliphatic heterocycles. The number of hydrogen-bond donors (Lipinski definition) is 1. The van der Waals surface area contributed by atoms with E-state index >= 15 is 0 Å². The fourth-order valence-corrected chi connectivity index (χ4v) is 3.25. The molecule has 2 heterocycles. The van der Waals surface area contributed by atoms with Crippen LogP contribution in [0.25, 0.3) is 0 Å². The Labute approximate surface area is 153 Å². The minimum atomic E-state index is -0.529. The quantitative estimate of drug-likeness (QED) is 0.530. The van der Waals surface area contributed by atoms with Gasteiger partial charge >= 0.3 is 5.00 Å². The van der Waals surface area contributed by atoms with E-state index in [1.54, 1.807) is 24.1 Å². The standard InChI is InChI=1S/C17H16N4O4S/c1-20-9-8-18-16(20)15(11-4-3-5-12(10-11)25-2)19-17(22)13-6-7-14(26-13)21(23)24/h3-10,15H,1-2H3,(H,19,22). The van der Waals surface area contributed by atoms with Gasteiger partial charge in [0, 0.05) is 25.5 Å². The molecule has 2 aromatic heterocycles. The predicted octanol–water partition coefficient (Wildman–Crippen LogP) is 2.92. The first-order valence-electron chi connectivity index (χ1n) is 7.66. The monoisotopic (exact) mass is 372 g/mol. The van der Waals surface area contributed by atoms with Gasteiger partial charge in [-0.05, 0) is 23.8 Å². The zero-order chi connectivity index (χ0) is 18.7. The lowest BCUT2D eigenvalue weighted by Gasteiger charge is -2.19. The van der Waals surface area contributed by atoms with E-state index in [1.807, 2.05) is 31.3 Å². The minimum Gasteiger partial charge on any atom is -0.497 e. The second-order valence-electron chi connectivity index (χ2n) is 5.47. The number of carbonyl (C=O) groups excluding carboxylic acids is 1. The van der Waals surface area contributed by atoms with Gasteiger partial charge in [0.25, 0.3) is 5.91 Å². The van der Waals surface area contributed by atoms with Gasteiger partial charge in [-0.3, -0.25) is 14.9 Å².